The van der Waals surface area contributed by atoms with Gasteiger partial charge in [0.1, 0.15) is 5.75 Å². The molecular formula is C27H27N5OS. The van der Waals surface area contributed by atoms with Crippen molar-refractivity contribution in [2.75, 3.05) is 11.5 Å². The quantitative estimate of drug-likeness (QED) is 0.379. The number of hydrogen-bond donors (Lipinski definition) is 1. The average Bonchev–Trinajstić information content (AvgIpc) is 3.36. The fraction of sp³-hybridized carbons (Fsp3) is 0.222. The van der Waals surface area contributed by atoms with Crippen LogP contribution in [0.5, 0.6) is 5.75 Å². The second-order valence-electron chi connectivity index (χ2n) is 8.30. The highest BCUT2D eigenvalue weighted by Crippen LogP contribution is 2.43. The molecule has 34 heavy (non-hydrogen) atoms. The number of anilines is 1. The molecule has 1 fully saturated rings. The summed E-state index contributed by atoms with van der Waals surface area (Å²) in [5, 5.41) is 4.22. The van der Waals surface area contributed by atoms with Crippen molar-refractivity contribution in [1.29, 1.82) is 0 Å². The van der Waals surface area contributed by atoms with E-state index >= 15 is 0 Å². The van der Waals surface area contributed by atoms with Crippen LogP contribution in [0.2, 0.25) is 0 Å². The van der Waals surface area contributed by atoms with Crippen molar-refractivity contribution in [3.8, 4) is 11.4 Å². The van der Waals surface area contributed by atoms with E-state index in [1.807, 2.05) is 49.6 Å². The van der Waals surface area contributed by atoms with E-state index in [1.54, 1.807) is 6.20 Å². The maximum absolute atomic E-state index is 5.88. The Bertz CT molecular complexity index is 1290. The van der Waals surface area contributed by atoms with E-state index in [0.29, 0.717) is 11.7 Å². The molecule has 1 aliphatic heterocycles. The number of aromatic nitrogens is 3. The van der Waals surface area contributed by atoms with Crippen molar-refractivity contribution in [3.63, 3.8) is 0 Å². The van der Waals surface area contributed by atoms with Crippen LogP contribution in [0.1, 0.15) is 41.7 Å². The second-order valence-corrected chi connectivity index (χ2v) is 8.68. The van der Waals surface area contributed by atoms with Gasteiger partial charge in [-0.15, -0.1) is 0 Å². The van der Waals surface area contributed by atoms with E-state index in [0.717, 1.165) is 34.2 Å². The van der Waals surface area contributed by atoms with Crippen LogP contribution in [-0.4, -0.2) is 26.3 Å². The summed E-state index contributed by atoms with van der Waals surface area (Å²) in [4.78, 5) is 11.2. The van der Waals surface area contributed by atoms with Crippen LogP contribution in [0.4, 0.5) is 5.69 Å². The number of thiocarbonyl (C=S) groups is 1. The summed E-state index contributed by atoms with van der Waals surface area (Å²) in [6.45, 7) is 6.90. The molecule has 2 atom stereocenters. The minimum absolute atomic E-state index is 0.0723. The third kappa shape index (κ3) is 3.92. The first-order valence-electron chi connectivity index (χ1n) is 11.4. The zero-order valence-corrected chi connectivity index (χ0v) is 20.3. The molecule has 0 radical (unpaired) electrons. The topological polar surface area (TPSA) is 55.2 Å². The van der Waals surface area contributed by atoms with Gasteiger partial charge >= 0.3 is 0 Å². The van der Waals surface area contributed by atoms with Crippen LogP contribution < -0.4 is 15.0 Å². The molecule has 5 rings (SSSR count). The molecule has 1 N–H and O–H groups in total. The largest absolute Gasteiger partial charge is 0.494 e. The molecule has 7 heteroatoms. The summed E-state index contributed by atoms with van der Waals surface area (Å²) < 4.78 is 7.90. The van der Waals surface area contributed by atoms with Crippen LogP contribution >= 0.6 is 12.2 Å². The van der Waals surface area contributed by atoms with Crippen LogP contribution in [0.3, 0.4) is 0 Å². The molecule has 0 aliphatic carbocycles. The summed E-state index contributed by atoms with van der Waals surface area (Å²) in [6, 6.07) is 20.2. The Morgan fingerprint density at radius 3 is 2.50 bits per heavy atom. The maximum atomic E-state index is 5.88. The first-order chi connectivity index (χ1) is 16.6. The summed E-state index contributed by atoms with van der Waals surface area (Å²) >= 11 is 5.88. The third-order valence-corrected chi connectivity index (χ3v) is 6.53. The molecule has 0 bridgehead atoms. The smallest absolute Gasteiger partial charge is 0.174 e. The van der Waals surface area contributed by atoms with Crippen LogP contribution in [0.25, 0.3) is 5.69 Å². The van der Waals surface area contributed by atoms with Crippen molar-refractivity contribution in [2.45, 2.75) is 32.9 Å². The first kappa shape index (κ1) is 22.1. The molecule has 3 aromatic heterocycles. The minimum atomic E-state index is -0.0943. The Labute approximate surface area is 205 Å². The molecule has 0 amide bonds. The van der Waals surface area contributed by atoms with Gasteiger partial charge in [-0.2, -0.15) is 0 Å². The van der Waals surface area contributed by atoms with Gasteiger partial charge in [-0.3, -0.25) is 9.97 Å². The molecule has 1 aliphatic rings. The van der Waals surface area contributed by atoms with E-state index in [-0.39, 0.29) is 12.1 Å². The lowest BCUT2D eigenvalue weighted by molar-refractivity contribution is 0.340. The Kier molecular flexibility index (Phi) is 6.02. The molecule has 4 heterocycles. The number of ether oxygens (including phenoxy) is 1. The van der Waals surface area contributed by atoms with Crippen molar-refractivity contribution in [2.24, 2.45) is 0 Å². The summed E-state index contributed by atoms with van der Waals surface area (Å²) in [5.74, 6) is 0.844. The monoisotopic (exact) mass is 469 g/mol. The molecule has 2 unspecified atom stereocenters. The molecule has 4 aromatic rings. The predicted molar refractivity (Wildman–Crippen MR) is 139 cm³/mol. The molecule has 1 aromatic carbocycles. The Hall–Kier alpha value is -3.71. The standard InChI is InChI=1S/C27H27N5OS/c1-4-33-22-12-10-20(11-13-22)32-26(25(30-27(32)34)24-9-5-6-15-29-24)23-16-18(2)31(19(23)3)21-8-7-14-28-17-21/h5-17,25-26H,4H2,1-3H3,(H,30,34). The molecule has 6 nitrogen and oxygen atoms in total. The van der Waals surface area contributed by atoms with E-state index < -0.39 is 0 Å². The molecule has 172 valence electrons. The summed E-state index contributed by atoms with van der Waals surface area (Å²) in [6.07, 6.45) is 5.51. The van der Waals surface area contributed by atoms with Gasteiger partial charge in [-0.05, 0) is 93.1 Å². The molecule has 0 spiro atoms. The first-order valence-corrected chi connectivity index (χ1v) is 11.8. The number of aryl methyl sites for hydroxylation is 1. The number of pyridine rings is 2. The summed E-state index contributed by atoms with van der Waals surface area (Å²) in [7, 11) is 0. The van der Waals surface area contributed by atoms with Crippen molar-refractivity contribution in [3.05, 3.63) is 102 Å². The number of rotatable bonds is 6. The second kappa shape index (κ2) is 9.27. The number of benzene rings is 1. The van der Waals surface area contributed by atoms with Gasteiger partial charge in [0.05, 0.1) is 36.3 Å². The lowest BCUT2D eigenvalue weighted by atomic mass is 9.96. The van der Waals surface area contributed by atoms with Gasteiger partial charge in [-0.1, -0.05) is 6.07 Å². The molecular weight excluding hydrogens is 442 g/mol. The zero-order valence-electron chi connectivity index (χ0n) is 19.5. The highest BCUT2D eigenvalue weighted by molar-refractivity contribution is 7.80. The zero-order chi connectivity index (χ0) is 23.7. The number of nitrogens with one attached hydrogen (secondary N) is 1. The van der Waals surface area contributed by atoms with Crippen molar-refractivity contribution in [1.82, 2.24) is 19.9 Å². The van der Waals surface area contributed by atoms with Crippen LogP contribution in [0, 0.1) is 13.8 Å². The highest BCUT2D eigenvalue weighted by atomic mass is 32.1. The normalized spacial score (nSPS) is 17.6. The van der Waals surface area contributed by atoms with E-state index in [2.05, 4.69) is 68.9 Å². The minimum Gasteiger partial charge on any atom is -0.494 e. The van der Waals surface area contributed by atoms with Gasteiger partial charge in [0, 0.05) is 29.5 Å². The van der Waals surface area contributed by atoms with Gasteiger partial charge in [0.2, 0.25) is 0 Å². The van der Waals surface area contributed by atoms with E-state index in [4.69, 9.17) is 17.0 Å². The van der Waals surface area contributed by atoms with Crippen molar-refractivity contribution < 1.29 is 4.74 Å². The van der Waals surface area contributed by atoms with Crippen molar-refractivity contribution >= 4 is 23.0 Å². The van der Waals surface area contributed by atoms with Gasteiger partial charge in [0.25, 0.3) is 0 Å². The number of hydrogen-bond acceptors (Lipinski definition) is 4. The molecule has 0 saturated carbocycles. The summed E-state index contributed by atoms with van der Waals surface area (Å²) in [5.41, 5.74) is 6.49. The molecule has 1 saturated heterocycles. The highest BCUT2D eigenvalue weighted by Gasteiger charge is 2.42. The Balaban J connectivity index is 1.64. The fourth-order valence-corrected chi connectivity index (χ4v) is 5.13. The van der Waals surface area contributed by atoms with Crippen LogP contribution in [-0.2, 0) is 0 Å². The SMILES string of the molecule is CCOc1ccc(N2C(=S)NC(c3ccccn3)C2c2cc(C)n(-c3cccnc3)c2C)cc1. The lowest BCUT2D eigenvalue weighted by Crippen LogP contribution is -2.29. The maximum Gasteiger partial charge on any atom is 0.174 e. The fourth-order valence-electron chi connectivity index (χ4n) is 4.79. The predicted octanol–water partition coefficient (Wildman–Crippen LogP) is 5.46. The number of nitrogens with zero attached hydrogens (tertiary/aromatic N) is 4. The van der Waals surface area contributed by atoms with E-state index in [9.17, 15) is 0 Å². The van der Waals surface area contributed by atoms with Gasteiger partial charge in [-0.25, -0.2) is 0 Å². The third-order valence-electron chi connectivity index (χ3n) is 6.22. The Morgan fingerprint density at radius 1 is 1.00 bits per heavy atom. The van der Waals surface area contributed by atoms with Crippen LogP contribution in [0.15, 0.2) is 79.3 Å². The lowest BCUT2D eigenvalue weighted by Gasteiger charge is -2.28. The van der Waals surface area contributed by atoms with Gasteiger partial charge < -0.3 is 19.5 Å². The average molecular weight is 470 g/mol. The Morgan fingerprint density at radius 2 is 1.82 bits per heavy atom. The van der Waals surface area contributed by atoms with E-state index in [1.165, 1.54) is 5.56 Å². The van der Waals surface area contributed by atoms with Gasteiger partial charge in [0.15, 0.2) is 5.11 Å².